The zero-order valence-electron chi connectivity index (χ0n) is 8.08. The average molecular weight is 206 g/mol. The second-order valence-electron chi connectivity index (χ2n) is 3.79. The van der Waals surface area contributed by atoms with Crippen LogP contribution >= 0.6 is 0 Å². The van der Waals surface area contributed by atoms with Crippen molar-refractivity contribution in [1.82, 2.24) is 0 Å². The van der Waals surface area contributed by atoms with Crippen molar-refractivity contribution >= 4 is 11.2 Å². The maximum Gasteiger partial charge on any atom is 0.519 e. The molecule has 0 bridgehead atoms. The highest BCUT2D eigenvalue weighted by Crippen LogP contribution is 2.31. The molecule has 4 heteroatoms. The van der Waals surface area contributed by atoms with E-state index in [1.54, 1.807) is 0 Å². The molecule has 3 rings (SSSR count). The van der Waals surface area contributed by atoms with E-state index < -0.39 is 5.82 Å². The molecule has 1 aromatic carbocycles. The summed E-state index contributed by atoms with van der Waals surface area (Å²) in [4.78, 5) is 11.0. The molecular weight excluding hydrogens is 196 g/mol. The van der Waals surface area contributed by atoms with Crippen molar-refractivity contribution in [3.05, 3.63) is 33.4 Å². The topological polar surface area (TPSA) is 63.6 Å². The van der Waals surface area contributed by atoms with Crippen LogP contribution in [0.3, 0.4) is 0 Å². The molecule has 4 nitrogen and oxygen atoms in total. The standard InChI is InChI=1S/C11H10O4/c12-5-8-7-3-1-2-6(7)4-9-10(8)15-11(13)14-9/h4,12H,1-3,5H2. The molecule has 2 aromatic rings. The van der Waals surface area contributed by atoms with E-state index in [1.807, 2.05) is 6.07 Å². The first-order valence-corrected chi connectivity index (χ1v) is 4.97. The molecule has 1 N–H and O–H groups in total. The predicted molar refractivity (Wildman–Crippen MR) is 52.7 cm³/mol. The van der Waals surface area contributed by atoms with Gasteiger partial charge < -0.3 is 13.9 Å². The number of benzene rings is 1. The van der Waals surface area contributed by atoms with E-state index in [4.69, 9.17) is 8.83 Å². The number of aryl methyl sites for hydroxylation is 1. The van der Waals surface area contributed by atoms with Gasteiger partial charge in [0, 0.05) is 5.56 Å². The van der Waals surface area contributed by atoms with E-state index >= 15 is 0 Å². The Morgan fingerprint density at radius 1 is 1.33 bits per heavy atom. The zero-order chi connectivity index (χ0) is 10.4. The van der Waals surface area contributed by atoms with Crippen molar-refractivity contribution in [2.45, 2.75) is 25.9 Å². The van der Waals surface area contributed by atoms with Gasteiger partial charge in [0.2, 0.25) is 0 Å². The lowest BCUT2D eigenvalue weighted by Crippen LogP contribution is -1.94. The van der Waals surface area contributed by atoms with Crippen LogP contribution in [-0.4, -0.2) is 5.11 Å². The summed E-state index contributed by atoms with van der Waals surface area (Å²) in [5.41, 5.74) is 3.85. The molecule has 1 aliphatic carbocycles. The van der Waals surface area contributed by atoms with Gasteiger partial charge >= 0.3 is 5.82 Å². The first kappa shape index (κ1) is 8.73. The molecule has 0 saturated carbocycles. The second kappa shape index (κ2) is 2.97. The van der Waals surface area contributed by atoms with Crippen LogP contribution in [0.4, 0.5) is 0 Å². The van der Waals surface area contributed by atoms with Crippen LogP contribution in [0.15, 0.2) is 19.7 Å². The van der Waals surface area contributed by atoms with Crippen molar-refractivity contribution in [3.63, 3.8) is 0 Å². The average Bonchev–Trinajstić information content (AvgIpc) is 2.78. The van der Waals surface area contributed by atoms with Crippen molar-refractivity contribution in [2.75, 3.05) is 0 Å². The highest BCUT2D eigenvalue weighted by atomic mass is 16.6. The third-order valence-corrected chi connectivity index (χ3v) is 2.96. The van der Waals surface area contributed by atoms with Gasteiger partial charge in [0.05, 0.1) is 6.61 Å². The maximum atomic E-state index is 11.0. The van der Waals surface area contributed by atoms with E-state index in [0.717, 1.165) is 30.4 Å². The number of aliphatic hydroxyl groups excluding tert-OH is 1. The SMILES string of the molecule is O=c1oc2cc3c(c(CO)c2o1)CCC3. The molecule has 0 amide bonds. The third kappa shape index (κ3) is 1.15. The molecule has 0 saturated heterocycles. The van der Waals surface area contributed by atoms with E-state index in [1.165, 1.54) is 0 Å². The van der Waals surface area contributed by atoms with E-state index in [-0.39, 0.29) is 6.61 Å². The van der Waals surface area contributed by atoms with Gasteiger partial charge in [-0.2, -0.15) is 0 Å². The monoisotopic (exact) mass is 206 g/mol. The van der Waals surface area contributed by atoms with Crippen molar-refractivity contribution in [2.24, 2.45) is 0 Å². The first-order valence-electron chi connectivity index (χ1n) is 4.97. The number of aliphatic hydroxyl groups is 1. The molecule has 1 heterocycles. The van der Waals surface area contributed by atoms with Crippen LogP contribution < -0.4 is 5.82 Å². The Bertz CT molecular complexity index is 576. The second-order valence-corrected chi connectivity index (χ2v) is 3.79. The normalized spacial score (nSPS) is 14.7. The fourth-order valence-corrected chi connectivity index (χ4v) is 2.33. The van der Waals surface area contributed by atoms with Crippen molar-refractivity contribution in [3.8, 4) is 0 Å². The number of hydrogen-bond acceptors (Lipinski definition) is 4. The van der Waals surface area contributed by atoms with E-state index in [0.29, 0.717) is 16.7 Å². The Balaban J connectivity index is 2.44. The Morgan fingerprint density at radius 2 is 2.20 bits per heavy atom. The molecular formula is C11H10O4. The summed E-state index contributed by atoms with van der Waals surface area (Å²) < 4.78 is 9.84. The summed E-state index contributed by atoms with van der Waals surface area (Å²) in [5, 5.41) is 9.31. The quantitative estimate of drug-likeness (QED) is 0.765. The minimum atomic E-state index is -0.705. The molecule has 15 heavy (non-hydrogen) atoms. The molecule has 78 valence electrons. The number of rotatable bonds is 1. The van der Waals surface area contributed by atoms with Crippen LogP contribution in [0.5, 0.6) is 0 Å². The lowest BCUT2D eigenvalue weighted by atomic mass is 10.0. The molecule has 1 aromatic heterocycles. The van der Waals surface area contributed by atoms with Crippen LogP contribution in [0.25, 0.3) is 11.2 Å². The Kier molecular flexibility index (Phi) is 1.73. The van der Waals surface area contributed by atoms with Crippen LogP contribution in [-0.2, 0) is 19.4 Å². The smallest absolute Gasteiger partial charge is 0.392 e. The Labute approximate surface area is 85.1 Å². The van der Waals surface area contributed by atoms with Gasteiger partial charge in [-0.05, 0) is 36.5 Å². The number of fused-ring (bicyclic) bond motifs is 2. The lowest BCUT2D eigenvalue weighted by molar-refractivity contribution is 0.280. The molecule has 0 unspecified atom stereocenters. The minimum Gasteiger partial charge on any atom is -0.392 e. The van der Waals surface area contributed by atoms with Gasteiger partial charge in [-0.1, -0.05) is 0 Å². The molecule has 0 radical (unpaired) electrons. The van der Waals surface area contributed by atoms with Gasteiger partial charge in [0.15, 0.2) is 11.2 Å². The Morgan fingerprint density at radius 3 is 3.00 bits per heavy atom. The number of hydrogen-bond donors (Lipinski definition) is 1. The van der Waals surface area contributed by atoms with Crippen molar-refractivity contribution in [1.29, 1.82) is 0 Å². The lowest BCUT2D eigenvalue weighted by Gasteiger charge is -2.04. The minimum absolute atomic E-state index is 0.109. The summed E-state index contributed by atoms with van der Waals surface area (Å²) >= 11 is 0. The van der Waals surface area contributed by atoms with Gasteiger partial charge in [-0.3, -0.25) is 0 Å². The molecule has 1 aliphatic rings. The Hall–Kier alpha value is -1.55. The van der Waals surface area contributed by atoms with Gasteiger partial charge in [0.25, 0.3) is 0 Å². The van der Waals surface area contributed by atoms with Crippen LogP contribution in [0.2, 0.25) is 0 Å². The largest absolute Gasteiger partial charge is 0.519 e. The van der Waals surface area contributed by atoms with Gasteiger partial charge in [-0.15, -0.1) is 0 Å². The van der Waals surface area contributed by atoms with Crippen LogP contribution in [0.1, 0.15) is 23.1 Å². The summed E-state index contributed by atoms with van der Waals surface area (Å²) in [6.07, 6.45) is 3.00. The molecule has 0 spiro atoms. The summed E-state index contributed by atoms with van der Waals surface area (Å²) in [6, 6.07) is 1.85. The first-order chi connectivity index (χ1) is 7.29. The third-order valence-electron chi connectivity index (χ3n) is 2.96. The molecule has 0 atom stereocenters. The zero-order valence-corrected chi connectivity index (χ0v) is 8.08. The fraction of sp³-hybridized carbons (Fsp3) is 0.364. The van der Waals surface area contributed by atoms with E-state index in [9.17, 15) is 9.90 Å². The molecule has 0 fully saturated rings. The summed E-state index contributed by atoms with van der Waals surface area (Å²) in [6.45, 7) is -0.109. The predicted octanol–water partition coefficient (Wildman–Crippen LogP) is 1.37. The summed E-state index contributed by atoms with van der Waals surface area (Å²) in [7, 11) is 0. The molecule has 0 aliphatic heterocycles. The fourth-order valence-electron chi connectivity index (χ4n) is 2.33. The highest BCUT2D eigenvalue weighted by molar-refractivity contribution is 5.77. The van der Waals surface area contributed by atoms with Crippen LogP contribution in [0, 0.1) is 0 Å². The van der Waals surface area contributed by atoms with Gasteiger partial charge in [0.1, 0.15) is 0 Å². The maximum absolute atomic E-state index is 11.0. The highest BCUT2D eigenvalue weighted by Gasteiger charge is 2.21. The van der Waals surface area contributed by atoms with Crippen molar-refractivity contribution < 1.29 is 13.9 Å². The van der Waals surface area contributed by atoms with Gasteiger partial charge in [-0.25, -0.2) is 4.79 Å². The van der Waals surface area contributed by atoms with E-state index in [2.05, 4.69) is 0 Å². The summed E-state index contributed by atoms with van der Waals surface area (Å²) in [5.74, 6) is -0.705.